The molecule has 158 valence electrons. The summed E-state index contributed by atoms with van der Waals surface area (Å²) in [5.41, 5.74) is 2.56. The summed E-state index contributed by atoms with van der Waals surface area (Å²) in [6, 6.07) is 19.4. The summed E-state index contributed by atoms with van der Waals surface area (Å²) in [4.78, 5) is 2.28. The molecule has 2 unspecified atom stereocenters. The molecule has 1 saturated heterocycles. The molecule has 7 heteroatoms. The third-order valence-corrected chi connectivity index (χ3v) is 6.83. The van der Waals surface area contributed by atoms with Crippen LogP contribution in [0, 0.1) is 0 Å². The molecule has 0 radical (unpaired) electrons. The minimum Gasteiger partial charge on any atom is -0.394 e. The zero-order valence-corrected chi connectivity index (χ0v) is 17.6. The molecule has 0 amide bonds. The lowest BCUT2D eigenvalue weighted by Gasteiger charge is -2.39. The summed E-state index contributed by atoms with van der Waals surface area (Å²) in [5, 5.41) is 30.2. The summed E-state index contributed by atoms with van der Waals surface area (Å²) in [7, 11) is 0. The Morgan fingerprint density at radius 2 is 1.77 bits per heavy atom. The zero-order valence-electron chi connectivity index (χ0n) is 16.0. The van der Waals surface area contributed by atoms with Crippen molar-refractivity contribution in [2.45, 2.75) is 37.0 Å². The van der Waals surface area contributed by atoms with Gasteiger partial charge >= 0.3 is 0 Å². The first-order valence-corrected chi connectivity index (χ1v) is 10.9. The summed E-state index contributed by atoms with van der Waals surface area (Å²) in [6.45, 7) is -0.584. The van der Waals surface area contributed by atoms with Crippen LogP contribution in [0.2, 0.25) is 5.02 Å². The van der Waals surface area contributed by atoms with Gasteiger partial charge in [0.1, 0.15) is 24.4 Å². The van der Waals surface area contributed by atoms with Gasteiger partial charge in [0, 0.05) is 21.2 Å². The van der Waals surface area contributed by atoms with E-state index in [-0.39, 0.29) is 0 Å². The Morgan fingerprint density at radius 3 is 2.50 bits per heavy atom. The Balaban J connectivity index is 1.57. The predicted molar refractivity (Wildman–Crippen MR) is 116 cm³/mol. The lowest BCUT2D eigenvalue weighted by Crippen LogP contribution is -2.53. The highest BCUT2D eigenvalue weighted by atomic mass is 35.5. The molecule has 2 heterocycles. The fourth-order valence-electron chi connectivity index (χ4n) is 3.68. The molecule has 4 rings (SSSR count). The third-order valence-electron chi connectivity index (χ3n) is 5.33. The van der Waals surface area contributed by atoms with Crippen molar-refractivity contribution >= 4 is 22.9 Å². The van der Waals surface area contributed by atoms with E-state index in [1.165, 1.54) is 0 Å². The van der Waals surface area contributed by atoms with E-state index in [0.717, 1.165) is 20.9 Å². The summed E-state index contributed by atoms with van der Waals surface area (Å²) in [6.07, 6.45) is -6.49. The van der Waals surface area contributed by atoms with Crippen molar-refractivity contribution < 1.29 is 24.4 Å². The highest BCUT2D eigenvalue weighted by Crippen LogP contribution is 2.36. The van der Waals surface area contributed by atoms with Gasteiger partial charge in [0.25, 0.3) is 0 Å². The van der Waals surface area contributed by atoms with Gasteiger partial charge in [0.2, 0.25) is 0 Å². The first kappa shape index (κ1) is 21.4. The molecule has 1 aliphatic heterocycles. The second-order valence-electron chi connectivity index (χ2n) is 7.36. The molecule has 0 saturated carbocycles. The second-order valence-corrected chi connectivity index (χ2v) is 8.94. The standard InChI is InChI=1S/C23H22ClFO4S/c24-17-8-6-14(23-22(28)21(27)20(25)18(12-26)29-23)10-15(17)11-16-7-9-19(30-16)13-4-2-1-3-5-13/h1-10,18,20-23,26-28H,11-12H2/t18?,20-,21+,22-,23?/m1/s1. The lowest BCUT2D eigenvalue weighted by atomic mass is 9.91. The van der Waals surface area contributed by atoms with Gasteiger partial charge in [0.15, 0.2) is 6.17 Å². The molecule has 5 atom stereocenters. The van der Waals surface area contributed by atoms with E-state index in [0.29, 0.717) is 17.0 Å². The number of benzene rings is 2. The number of alkyl halides is 1. The van der Waals surface area contributed by atoms with Gasteiger partial charge in [-0.05, 0) is 34.9 Å². The van der Waals surface area contributed by atoms with E-state index < -0.39 is 37.2 Å². The average Bonchev–Trinajstić information content (AvgIpc) is 3.23. The van der Waals surface area contributed by atoms with Crippen molar-refractivity contribution in [3.8, 4) is 10.4 Å². The van der Waals surface area contributed by atoms with Gasteiger partial charge in [-0.2, -0.15) is 0 Å². The second kappa shape index (κ2) is 9.14. The summed E-state index contributed by atoms with van der Waals surface area (Å²) < 4.78 is 19.6. The Morgan fingerprint density at radius 1 is 1.00 bits per heavy atom. The molecule has 0 aliphatic carbocycles. The Bertz CT molecular complexity index is 994. The van der Waals surface area contributed by atoms with Crippen LogP contribution in [0.3, 0.4) is 0 Å². The monoisotopic (exact) mass is 448 g/mol. The molecule has 30 heavy (non-hydrogen) atoms. The Kier molecular flexibility index (Phi) is 6.53. The van der Waals surface area contributed by atoms with Crippen molar-refractivity contribution in [2.24, 2.45) is 0 Å². The Labute approximate surface area is 183 Å². The minimum absolute atomic E-state index is 0.571. The van der Waals surface area contributed by atoms with E-state index in [9.17, 15) is 19.7 Å². The fraction of sp³-hybridized carbons (Fsp3) is 0.304. The number of aliphatic hydroxyl groups excluding tert-OH is 3. The SMILES string of the molecule is OCC1OC(c2ccc(Cl)c(Cc3ccc(-c4ccccc4)s3)c2)[C@H](O)[C@@H](O)[C@@H]1F. The lowest BCUT2D eigenvalue weighted by molar-refractivity contribution is -0.214. The summed E-state index contributed by atoms with van der Waals surface area (Å²) in [5.74, 6) is 0. The van der Waals surface area contributed by atoms with Crippen molar-refractivity contribution in [1.82, 2.24) is 0 Å². The van der Waals surface area contributed by atoms with Gasteiger partial charge in [-0.3, -0.25) is 0 Å². The maximum atomic E-state index is 14.0. The smallest absolute Gasteiger partial charge is 0.157 e. The molecule has 1 fully saturated rings. The highest BCUT2D eigenvalue weighted by molar-refractivity contribution is 7.15. The number of thiophene rings is 1. The number of halogens is 2. The van der Waals surface area contributed by atoms with Crippen LogP contribution in [0.25, 0.3) is 10.4 Å². The summed E-state index contributed by atoms with van der Waals surface area (Å²) >= 11 is 8.08. The normalized spacial score (nSPS) is 26.6. The van der Waals surface area contributed by atoms with Crippen molar-refractivity contribution in [1.29, 1.82) is 0 Å². The molecule has 0 spiro atoms. The molecular weight excluding hydrogens is 427 g/mol. The van der Waals surface area contributed by atoms with Crippen LogP contribution in [0.1, 0.15) is 22.1 Å². The topological polar surface area (TPSA) is 69.9 Å². The van der Waals surface area contributed by atoms with E-state index in [4.69, 9.17) is 16.3 Å². The van der Waals surface area contributed by atoms with Crippen LogP contribution in [-0.2, 0) is 11.2 Å². The van der Waals surface area contributed by atoms with E-state index >= 15 is 0 Å². The molecule has 3 aromatic rings. The number of hydrogen-bond acceptors (Lipinski definition) is 5. The molecule has 3 N–H and O–H groups in total. The number of rotatable bonds is 5. The quantitative estimate of drug-likeness (QED) is 0.548. The zero-order chi connectivity index (χ0) is 21.3. The van der Waals surface area contributed by atoms with Crippen LogP contribution in [0.5, 0.6) is 0 Å². The number of hydrogen-bond donors (Lipinski definition) is 3. The van der Waals surface area contributed by atoms with Crippen molar-refractivity contribution in [2.75, 3.05) is 6.61 Å². The van der Waals surface area contributed by atoms with Gasteiger partial charge in [-0.15, -0.1) is 11.3 Å². The predicted octanol–water partition coefficient (Wildman–Crippen LogP) is 4.15. The van der Waals surface area contributed by atoms with Crippen molar-refractivity contribution in [3.63, 3.8) is 0 Å². The molecule has 4 nitrogen and oxygen atoms in total. The third kappa shape index (κ3) is 4.30. The average molecular weight is 449 g/mol. The fourth-order valence-corrected chi connectivity index (χ4v) is 4.90. The first-order valence-electron chi connectivity index (χ1n) is 9.67. The van der Waals surface area contributed by atoms with Crippen molar-refractivity contribution in [3.05, 3.63) is 81.7 Å². The molecule has 2 aromatic carbocycles. The Hall–Kier alpha value is -1.80. The van der Waals surface area contributed by atoms with E-state index in [1.807, 2.05) is 18.2 Å². The van der Waals surface area contributed by atoms with Crippen LogP contribution in [0.15, 0.2) is 60.7 Å². The van der Waals surface area contributed by atoms with Crippen LogP contribution < -0.4 is 0 Å². The van der Waals surface area contributed by atoms with E-state index in [2.05, 4.69) is 24.3 Å². The number of ether oxygens (including phenoxy) is 1. The number of aliphatic hydroxyl groups is 3. The minimum atomic E-state index is -1.85. The van der Waals surface area contributed by atoms with Gasteiger partial charge < -0.3 is 20.1 Å². The molecule has 1 aliphatic rings. The maximum absolute atomic E-state index is 14.0. The van der Waals surface area contributed by atoms with Crippen LogP contribution >= 0.6 is 22.9 Å². The highest BCUT2D eigenvalue weighted by Gasteiger charge is 2.45. The van der Waals surface area contributed by atoms with Crippen LogP contribution in [-0.4, -0.2) is 46.4 Å². The van der Waals surface area contributed by atoms with Gasteiger partial charge in [0.05, 0.1) is 6.61 Å². The molecule has 0 bridgehead atoms. The van der Waals surface area contributed by atoms with E-state index in [1.54, 1.807) is 29.5 Å². The first-order chi connectivity index (χ1) is 14.5. The largest absolute Gasteiger partial charge is 0.394 e. The molecule has 1 aromatic heterocycles. The van der Waals surface area contributed by atoms with Gasteiger partial charge in [-0.25, -0.2) is 4.39 Å². The van der Waals surface area contributed by atoms with Gasteiger partial charge in [-0.1, -0.05) is 54.1 Å². The molecular formula is C23H22ClFO4S. The maximum Gasteiger partial charge on any atom is 0.157 e. The van der Waals surface area contributed by atoms with Crippen LogP contribution in [0.4, 0.5) is 4.39 Å².